The first-order valence-electron chi connectivity index (χ1n) is 11.6. The Bertz CT molecular complexity index is 1270. The fraction of sp³-hybridized carbons (Fsp3) is 0.259. The van der Waals surface area contributed by atoms with Gasteiger partial charge in [-0.2, -0.15) is 0 Å². The van der Waals surface area contributed by atoms with Gasteiger partial charge in [-0.15, -0.1) is 0 Å². The maximum atomic E-state index is 13.7. The quantitative estimate of drug-likeness (QED) is 0.446. The number of sulfonamides is 1. The van der Waals surface area contributed by atoms with Gasteiger partial charge in [0, 0.05) is 12.6 Å². The van der Waals surface area contributed by atoms with E-state index in [1.165, 1.54) is 29.2 Å². The molecule has 0 radical (unpaired) electrons. The van der Waals surface area contributed by atoms with Gasteiger partial charge in [-0.3, -0.25) is 13.9 Å². The zero-order chi connectivity index (χ0) is 26.3. The molecule has 0 aliphatic rings. The van der Waals surface area contributed by atoms with Crippen molar-refractivity contribution in [3.63, 3.8) is 0 Å². The van der Waals surface area contributed by atoms with Gasteiger partial charge in [0.05, 0.1) is 10.6 Å². The summed E-state index contributed by atoms with van der Waals surface area (Å²) in [5.41, 5.74) is 0.918. The minimum atomic E-state index is -4.17. The summed E-state index contributed by atoms with van der Waals surface area (Å²) in [6, 6.07) is 20.7. The van der Waals surface area contributed by atoms with Gasteiger partial charge in [0.15, 0.2) is 0 Å². The third-order valence-corrected chi connectivity index (χ3v) is 7.31. The van der Waals surface area contributed by atoms with Crippen molar-refractivity contribution >= 4 is 27.5 Å². The Morgan fingerprint density at radius 2 is 1.42 bits per heavy atom. The maximum Gasteiger partial charge on any atom is 0.264 e. The first-order valence-corrected chi connectivity index (χ1v) is 13.0. The predicted molar refractivity (Wildman–Crippen MR) is 137 cm³/mol. The number of amides is 2. The molecule has 0 aromatic heterocycles. The molecule has 3 aromatic rings. The second-order valence-corrected chi connectivity index (χ2v) is 10.5. The third-order valence-electron chi connectivity index (χ3n) is 5.52. The molecule has 0 unspecified atom stereocenters. The predicted octanol–water partition coefficient (Wildman–Crippen LogP) is 3.96. The largest absolute Gasteiger partial charge is 0.352 e. The van der Waals surface area contributed by atoms with Crippen LogP contribution in [0.2, 0.25) is 0 Å². The van der Waals surface area contributed by atoms with Crippen molar-refractivity contribution in [3.05, 3.63) is 96.3 Å². The fourth-order valence-electron chi connectivity index (χ4n) is 3.62. The van der Waals surface area contributed by atoms with Gasteiger partial charge in [-0.1, -0.05) is 48.5 Å². The molecule has 0 saturated heterocycles. The van der Waals surface area contributed by atoms with Gasteiger partial charge < -0.3 is 10.2 Å². The van der Waals surface area contributed by atoms with Crippen LogP contribution in [-0.4, -0.2) is 43.8 Å². The van der Waals surface area contributed by atoms with Crippen LogP contribution < -0.4 is 9.62 Å². The SMILES string of the molecule is CC(C)NC(=O)[C@H](C)N(Cc1ccccc1)C(=O)CN(c1ccc(F)cc1)S(=O)(=O)c1ccccc1. The van der Waals surface area contributed by atoms with E-state index in [1.54, 1.807) is 25.1 Å². The second-order valence-electron chi connectivity index (χ2n) is 8.65. The van der Waals surface area contributed by atoms with Crippen molar-refractivity contribution in [2.45, 2.75) is 44.3 Å². The molecule has 0 fully saturated rings. The van der Waals surface area contributed by atoms with E-state index >= 15 is 0 Å². The summed E-state index contributed by atoms with van der Waals surface area (Å²) in [7, 11) is -4.17. The standard InChI is InChI=1S/C27H30FN3O4S/c1-20(2)29-27(33)21(3)30(18-22-10-6-4-7-11-22)26(32)19-31(24-16-14-23(28)15-17-24)36(34,35)25-12-8-5-9-13-25/h4-17,20-21H,18-19H2,1-3H3,(H,29,33)/t21-/m0/s1. The molecular formula is C27H30FN3O4S. The molecule has 3 rings (SSSR count). The number of benzene rings is 3. The lowest BCUT2D eigenvalue weighted by Gasteiger charge is -2.32. The Kier molecular flexibility index (Phi) is 8.82. The molecule has 0 spiro atoms. The van der Waals surface area contributed by atoms with E-state index in [0.29, 0.717) is 0 Å². The highest BCUT2D eigenvalue weighted by atomic mass is 32.2. The molecule has 36 heavy (non-hydrogen) atoms. The third kappa shape index (κ3) is 6.69. The second kappa shape index (κ2) is 11.8. The Balaban J connectivity index is 2.00. The average molecular weight is 512 g/mol. The summed E-state index contributed by atoms with van der Waals surface area (Å²) >= 11 is 0. The van der Waals surface area contributed by atoms with Crippen molar-refractivity contribution < 1.29 is 22.4 Å². The number of carbonyl (C=O) groups is 2. The zero-order valence-electron chi connectivity index (χ0n) is 20.5. The monoisotopic (exact) mass is 511 g/mol. The van der Waals surface area contributed by atoms with Gasteiger partial charge in [-0.25, -0.2) is 12.8 Å². The molecule has 3 aromatic carbocycles. The number of nitrogens with one attached hydrogen (secondary N) is 1. The molecule has 0 aliphatic heterocycles. The fourth-order valence-corrected chi connectivity index (χ4v) is 5.06. The van der Waals surface area contributed by atoms with Crippen molar-refractivity contribution in [2.24, 2.45) is 0 Å². The van der Waals surface area contributed by atoms with Crippen molar-refractivity contribution in [2.75, 3.05) is 10.8 Å². The van der Waals surface area contributed by atoms with Crippen LogP contribution in [0.1, 0.15) is 26.3 Å². The number of hydrogen-bond acceptors (Lipinski definition) is 4. The molecule has 190 valence electrons. The highest BCUT2D eigenvalue weighted by Crippen LogP contribution is 2.24. The van der Waals surface area contributed by atoms with Crippen LogP contribution in [0.25, 0.3) is 0 Å². The highest BCUT2D eigenvalue weighted by molar-refractivity contribution is 7.92. The number of nitrogens with zero attached hydrogens (tertiary/aromatic N) is 2. The van der Waals surface area contributed by atoms with Crippen LogP contribution in [-0.2, 0) is 26.2 Å². The lowest BCUT2D eigenvalue weighted by Crippen LogP contribution is -2.52. The van der Waals surface area contributed by atoms with E-state index in [4.69, 9.17) is 0 Å². The molecule has 7 nitrogen and oxygen atoms in total. The smallest absolute Gasteiger partial charge is 0.264 e. The molecule has 0 aliphatic carbocycles. The number of carbonyl (C=O) groups excluding carboxylic acids is 2. The molecule has 9 heteroatoms. The molecule has 0 saturated carbocycles. The van der Waals surface area contributed by atoms with Crippen LogP contribution in [0.15, 0.2) is 89.8 Å². The van der Waals surface area contributed by atoms with Gasteiger partial charge in [0.2, 0.25) is 11.8 Å². The highest BCUT2D eigenvalue weighted by Gasteiger charge is 2.32. The van der Waals surface area contributed by atoms with Crippen LogP contribution in [0.5, 0.6) is 0 Å². The number of anilines is 1. The number of halogens is 1. The topological polar surface area (TPSA) is 86.8 Å². The molecule has 2 amide bonds. The minimum Gasteiger partial charge on any atom is -0.352 e. The summed E-state index contributed by atoms with van der Waals surface area (Å²) in [4.78, 5) is 27.8. The van der Waals surface area contributed by atoms with E-state index in [9.17, 15) is 22.4 Å². The number of hydrogen-bond donors (Lipinski definition) is 1. The van der Waals surface area contributed by atoms with E-state index in [0.717, 1.165) is 22.0 Å². The Hall–Kier alpha value is -3.72. The zero-order valence-corrected chi connectivity index (χ0v) is 21.3. The van der Waals surface area contributed by atoms with Crippen molar-refractivity contribution in [3.8, 4) is 0 Å². The van der Waals surface area contributed by atoms with E-state index in [2.05, 4.69) is 5.32 Å². The van der Waals surface area contributed by atoms with E-state index < -0.39 is 34.3 Å². The number of rotatable bonds is 10. The average Bonchev–Trinajstić information content (AvgIpc) is 2.86. The summed E-state index contributed by atoms with van der Waals surface area (Å²) in [6.07, 6.45) is 0. The van der Waals surface area contributed by atoms with Crippen molar-refractivity contribution in [1.82, 2.24) is 10.2 Å². The maximum absolute atomic E-state index is 13.7. The summed E-state index contributed by atoms with van der Waals surface area (Å²) in [5.74, 6) is -1.46. The first-order chi connectivity index (χ1) is 17.1. The van der Waals surface area contributed by atoms with Crippen LogP contribution >= 0.6 is 0 Å². The molecule has 1 atom stereocenters. The normalized spacial score (nSPS) is 12.1. The van der Waals surface area contributed by atoms with Gasteiger partial charge in [0.25, 0.3) is 10.0 Å². The minimum absolute atomic E-state index is 0.0117. The Labute approximate surface area is 211 Å². The molecule has 1 N–H and O–H groups in total. The molecule has 0 bridgehead atoms. The van der Waals surface area contributed by atoms with Crippen LogP contribution in [0, 0.1) is 5.82 Å². The summed E-state index contributed by atoms with van der Waals surface area (Å²) < 4.78 is 41.7. The summed E-state index contributed by atoms with van der Waals surface area (Å²) in [6.45, 7) is 4.77. The molecular weight excluding hydrogens is 481 g/mol. The van der Waals surface area contributed by atoms with Crippen molar-refractivity contribution in [1.29, 1.82) is 0 Å². The first kappa shape index (κ1) is 26.9. The van der Waals surface area contributed by atoms with E-state index in [-0.39, 0.29) is 29.1 Å². The Morgan fingerprint density at radius 3 is 1.97 bits per heavy atom. The van der Waals surface area contributed by atoms with Gasteiger partial charge >= 0.3 is 0 Å². The summed E-state index contributed by atoms with van der Waals surface area (Å²) in [5, 5.41) is 2.80. The van der Waals surface area contributed by atoms with Gasteiger partial charge in [-0.05, 0) is 62.7 Å². The lowest BCUT2D eigenvalue weighted by molar-refractivity contribution is -0.139. The lowest BCUT2D eigenvalue weighted by atomic mass is 10.1. The van der Waals surface area contributed by atoms with Crippen LogP contribution in [0.4, 0.5) is 10.1 Å². The molecule has 0 heterocycles. The van der Waals surface area contributed by atoms with Crippen LogP contribution in [0.3, 0.4) is 0 Å². The van der Waals surface area contributed by atoms with E-state index in [1.807, 2.05) is 44.2 Å². The Morgan fingerprint density at radius 1 is 0.861 bits per heavy atom. The van der Waals surface area contributed by atoms with Gasteiger partial charge in [0.1, 0.15) is 18.4 Å².